The topological polar surface area (TPSA) is 49.5 Å². The number of fused-ring (bicyclic) bond motifs is 1. The predicted octanol–water partition coefficient (Wildman–Crippen LogP) is 4.29. The van der Waals surface area contributed by atoms with Crippen molar-refractivity contribution in [3.63, 3.8) is 0 Å². The zero-order chi connectivity index (χ0) is 18.6. The quantitative estimate of drug-likeness (QED) is 0.780. The molecule has 3 N–H and O–H groups in total. The third kappa shape index (κ3) is 4.46. The van der Waals surface area contributed by atoms with Crippen LogP contribution in [0.4, 0.5) is 0 Å². The molecule has 2 aromatic carbocycles. The molecule has 1 aliphatic rings. The fraction of sp³-hybridized carbons (Fsp3) is 0.565. The molecule has 3 rings (SSSR count). The lowest BCUT2D eigenvalue weighted by Crippen LogP contribution is -2.46. The van der Waals surface area contributed by atoms with E-state index < -0.39 is 5.60 Å². The average molecular weight is 355 g/mol. The highest BCUT2D eigenvalue weighted by Gasteiger charge is 2.39. The second-order valence-corrected chi connectivity index (χ2v) is 8.15. The lowest BCUT2D eigenvalue weighted by molar-refractivity contribution is -0.0308. The van der Waals surface area contributed by atoms with Crippen LogP contribution < -0.4 is 5.73 Å². The van der Waals surface area contributed by atoms with Crippen LogP contribution in [0, 0.1) is 0 Å². The molecule has 2 aromatic rings. The Morgan fingerprint density at radius 1 is 1.04 bits per heavy atom. The first-order valence-electron chi connectivity index (χ1n) is 10.2. The van der Waals surface area contributed by atoms with E-state index in [9.17, 15) is 5.11 Å². The van der Waals surface area contributed by atoms with E-state index in [1.165, 1.54) is 22.8 Å². The molecule has 142 valence electrons. The van der Waals surface area contributed by atoms with Gasteiger partial charge >= 0.3 is 0 Å². The van der Waals surface area contributed by atoms with Gasteiger partial charge in [-0.1, -0.05) is 68.7 Å². The first-order valence-corrected chi connectivity index (χ1v) is 10.2. The summed E-state index contributed by atoms with van der Waals surface area (Å²) in [4.78, 5) is 2.40. The van der Waals surface area contributed by atoms with E-state index in [1.54, 1.807) is 0 Å². The van der Waals surface area contributed by atoms with Gasteiger partial charge in [0, 0.05) is 25.0 Å². The molecule has 0 aliphatic heterocycles. The second-order valence-electron chi connectivity index (χ2n) is 8.15. The molecule has 1 fully saturated rings. The van der Waals surface area contributed by atoms with Crippen LogP contribution >= 0.6 is 0 Å². The minimum Gasteiger partial charge on any atom is -0.389 e. The van der Waals surface area contributed by atoms with Crippen LogP contribution in [0.2, 0.25) is 0 Å². The average Bonchev–Trinajstić information content (AvgIpc) is 2.64. The van der Waals surface area contributed by atoms with Gasteiger partial charge in [0.2, 0.25) is 0 Å². The third-order valence-electron chi connectivity index (χ3n) is 5.98. The van der Waals surface area contributed by atoms with Crippen molar-refractivity contribution in [1.82, 2.24) is 4.90 Å². The highest BCUT2D eigenvalue weighted by atomic mass is 16.3. The number of nitrogens with zero attached hydrogens (tertiary/aromatic N) is 1. The number of hydrogen-bond donors (Lipinski definition) is 2. The molecule has 0 aromatic heterocycles. The first kappa shape index (κ1) is 19.3. The maximum atomic E-state index is 11.6. The van der Waals surface area contributed by atoms with E-state index in [2.05, 4.69) is 61.2 Å². The van der Waals surface area contributed by atoms with Crippen molar-refractivity contribution in [2.24, 2.45) is 5.73 Å². The minimum atomic E-state index is -0.605. The normalized spacial score (nSPS) is 19.6. The summed E-state index contributed by atoms with van der Waals surface area (Å²) in [6, 6.07) is 15.3. The Balaban J connectivity index is 1.95. The van der Waals surface area contributed by atoms with Gasteiger partial charge in [0.15, 0.2) is 0 Å². The van der Waals surface area contributed by atoms with Crippen LogP contribution in [0.3, 0.4) is 0 Å². The SMILES string of the molecule is CCN(CC(c1ccc2ccccc2c1)C1(O)CCCCC1)C[C@@H](C)N. The van der Waals surface area contributed by atoms with Gasteiger partial charge in [0.1, 0.15) is 0 Å². The zero-order valence-corrected chi connectivity index (χ0v) is 16.3. The third-order valence-corrected chi connectivity index (χ3v) is 5.98. The van der Waals surface area contributed by atoms with Crippen LogP contribution in [0.5, 0.6) is 0 Å². The van der Waals surface area contributed by atoms with Crippen molar-refractivity contribution in [1.29, 1.82) is 0 Å². The van der Waals surface area contributed by atoms with Crippen LogP contribution in [-0.2, 0) is 0 Å². The molecular weight excluding hydrogens is 320 g/mol. The van der Waals surface area contributed by atoms with Crippen LogP contribution in [-0.4, -0.2) is 41.3 Å². The molecule has 26 heavy (non-hydrogen) atoms. The van der Waals surface area contributed by atoms with Gasteiger partial charge in [-0.05, 0) is 42.6 Å². The molecule has 0 radical (unpaired) electrons. The maximum absolute atomic E-state index is 11.6. The fourth-order valence-electron chi connectivity index (χ4n) is 4.52. The Morgan fingerprint density at radius 2 is 1.73 bits per heavy atom. The van der Waals surface area contributed by atoms with Crippen molar-refractivity contribution in [2.75, 3.05) is 19.6 Å². The number of likely N-dealkylation sites (N-methyl/N-ethyl adjacent to an activating group) is 1. The molecule has 1 unspecified atom stereocenters. The molecular formula is C23H34N2O. The highest BCUT2D eigenvalue weighted by molar-refractivity contribution is 5.83. The Morgan fingerprint density at radius 3 is 2.38 bits per heavy atom. The van der Waals surface area contributed by atoms with Gasteiger partial charge in [0.25, 0.3) is 0 Å². The van der Waals surface area contributed by atoms with Crippen LogP contribution in [0.15, 0.2) is 42.5 Å². The highest BCUT2D eigenvalue weighted by Crippen LogP contribution is 2.41. The van der Waals surface area contributed by atoms with Crippen molar-refractivity contribution >= 4 is 10.8 Å². The number of hydrogen-bond acceptors (Lipinski definition) is 3. The van der Waals surface area contributed by atoms with Gasteiger partial charge < -0.3 is 15.7 Å². The van der Waals surface area contributed by atoms with Gasteiger partial charge in [-0.2, -0.15) is 0 Å². The van der Waals surface area contributed by atoms with Crippen molar-refractivity contribution in [2.45, 2.75) is 63.5 Å². The molecule has 3 heteroatoms. The number of nitrogens with two attached hydrogens (primary N) is 1. The lowest BCUT2D eigenvalue weighted by atomic mass is 9.72. The smallest absolute Gasteiger partial charge is 0.0728 e. The standard InChI is InChI=1S/C23H34N2O/c1-3-25(16-18(2)24)17-22(23(26)13-7-4-8-14-23)21-12-11-19-9-5-6-10-20(19)15-21/h5-6,9-12,15,18,22,26H,3-4,7-8,13-14,16-17,24H2,1-2H3/t18-,22?/m1/s1. The molecule has 0 spiro atoms. The van der Waals surface area contributed by atoms with E-state index in [0.29, 0.717) is 0 Å². The van der Waals surface area contributed by atoms with E-state index in [1.807, 2.05) is 0 Å². The second kappa shape index (κ2) is 8.51. The van der Waals surface area contributed by atoms with Gasteiger partial charge in [0.05, 0.1) is 5.60 Å². The summed E-state index contributed by atoms with van der Waals surface area (Å²) >= 11 is 0. The van der Waals surface area contributed by atoms with Crippen LogP contribution in [0.25, 0.3) is 10.8 Å². The minimum absolute atomic E-state index is 0.131. The number of benzene rings is 2. The number of rotatable bonds is 7. The molecule has 0 heterocycles. The van der Waals surface area contributed by atoms with Crippen molar-refractivity contribution in [3.8, 4) is 0 Å². The molecule has 0 saturated heterocycles. The molecule has 1 saturated carbocycles. The monoisotopic (exact) mass is 354 g/mol. The first-order chi connectivity index (χ1) is 12.5. The predicted molar refractivity (Wildman–Crippen MR) is 110 cm³/mol. The lowest BCUT2D eigenvalue weighted by Gasteiger charge is -2.42. The summed E-state index contributed by atoms with van der Waals surface area (Å²) in [5.41, 5.74) is 6.72. The fourth-order valence-corrected chi connectivity index (χ4v) is 4.52. The summed E-state index contributed by atoms with van der Waals surface area (Å²) in [6.45, 7) is 6.94. The molecule has 1 aliphatic carbocycles. The van der Waals surface area contributed by atoms with Gasteiger partial charge in [-0.25, -0.2) is 0 Å². The Labute approximate surface area is 158 Å². The summed E-state index contributed by atoms with van der Waals surface area (Å²) in [6.07, 6.45) is 5.30. The Hall–Kier alpha value is -1.42. The maximum Gasteiger partial charge on any atom is 0.0728 e. The molecule has 0 amide bonds. The van der Waals surface area contributed by atoms with E-state index in [0.717, 1.165) is 45.3 Å². The Kier molecular flexibility index (Phi) is 6.33. The van der Waals surface area contributed by atoms with Crippen molar-refractivity contribution < 1.29 is 5.11 Å². The zero-order valence-electron chi connectivity index (χ0n) is 16.3. The van der Waals surface area contributed by atoms with Gasteiger partial charge in [-0.3, -0.25) is 0 Å². The van der Waals surface area contributed by atoms with Gasteiger partial charge in [-0.15, -0.1) is 0 Å². The van der Waals surface area contributed by atoms with Crippen LogP contribution in [0.1, 0.15) is 57.4 Å². The Bertz CT molecular complexity index is 706. The molecule has 3 nitrogen and oxygen atoms in total. The largest absolute Gasteiger partial charge is 0.389 e. The summed E-state index contributed by atoms with van der Waals surface area (Å²) in [5.74, 6) is 0.131. The summed E-state index contributed by atoms with van der Waals surface area (Å²) in [5, 5.41) is 14.1. The number of aliphatic hydroxyl groups is 1. The van der Waals surface area contributed by atoms with E-state index in [4.69, 9.17) is 5.73 Å². The van der Waals surface area contributed by atoms with E-state index in [-0.39, 0.29) is 12.0 Å². The van der Waals surface area contributed by atoms with Crippen molar-refractivity contribution in [3.05, 3.63) is 48.0 Å². The summed E-state index contributed by atoms with van der Waals surface area (Å²) in [7, 11) is 0. The summed E-state index contributed by atoms with van der Waals surface area (Å²) < 4.78 is 0. The van der Waals surface area contributed by atoms with E-state index >= 15 is 0 Å². The molecule has 2 atom stereocenters. The molecule has 0 bridgehead atoms.